The molecular formula is C22H28N10O3S. The number of fused-ring (bicyclic) bond motifs is 1. The van der Waals surface area contributed by atoms with Crippen molar-refractivity contribution in [1.29, 1.82) is 0 Å². The van der Waals surface area contributed by atoms with Gasteiger partial charge in [0.1, 0.15) is 16.7 Å². The normalized spacial score (nSPS) is 21.5. The van der Waals surface area contributed by atoms with Gasteiger partial charge in [0, 0.05) is 30.9 Å². The number of ether oxygens (including phenoxy) is 1. The number of anilines is 1. The lowest BCUT2D eigenvalue weighted by molar-refractivity contribution is 0.112. The number of H-pyrrole nitrogens is 2. The highest BCUT2D eigenvalue weighted by Gasteiger charge is 2.35. The Morgan fingerprint density at radius 2 is 2.03 bits per heavy atom. The molecule has 2 atom stereocenters. The van der Waals surface area contributed by atoms with Crippen molar-refractivity contribution in [2.24, 2.45) is 5.92 Å². The van der Waals surface area contributed by atoms with Crippen LogP contribution in [0.25, 0.3) is 16.9 Å². The van der Waals surface area contributed by atoms with Gasteiger partial charge in [-0.3, -0.25) is 10.2 Å². The largest absolute Gasteiger partial charge is 0.473 e. The summed E-state index contributed by atoms with van der Waals surface area (Å²) < 4.78 is 35.6. The van der Waals surface area contributed by atoms with E-state index in [1.807, 2.05) is 6.92 Å². The first-order valence-electron chi connectivity index (χ1n) is 12.1. The van der Waals surface area contributed by atoms with E-state index >= 15 is 0 Å². The van der Waals surface area contributed by atoms with E-state index in [1.54, 1.807) is 30.0 Å². The summed E-state index contributed by atoms with van der Waals surface area (Å²) in [4.78, 5) is 9.44. The van der Waals surface area contributed by atoms with Crippen molar-refractivity contribution in [2.75, 3.05) is 18.4 Å². The maximum Gasteiger partial charge on any atom is 0.246 e. The molecule has 36 heavy (non-hydrogen) atoms. The van der Waals surface area contributed by atoms with Crippen LogP contribution in [0.15, 0.2) is 29.7 Å². The molecule has 190 valence electrons. The van der Waals surface area contributed by atoms with E-state index in [1.165, 1.54) is 10.5 Å². The molecule has 3 N–H and O–H groups in total. The van der Waals surface area contributed by atoms with Gasteiger partial charge in [-0.15, -0.1) is 5.10 Å². The van der Waals surface area contributed by atoms with Crippen LogP contribution >= 0.6 is 0 Å². The van der Waals surface area contributed by atoms with Crippen molar-refractivity contribution in [3.8, 4) is 17.1 Å². The number of rotatable bonds is 7. The number of aryl methyl sites for hydroxylation is 1. The van der Waals surface area contributed by atoms with Crippen molar-refractivity contribution in [3.05, 3.63) is 30.5 Å². The maximum absolute atomic E-state index is 13.1. The first-order valence-corrected chi connectivity index (χ1v) is 13.5. The summed E-state index contributed by atoms with van der Waals surface area (Å²) >= 11 is 0. The van der Waals surface area contributed by atoms with Gasteiger partial charge in [0.25, 0.3) is 0 Å². The van der Waals surface area contributed by atoms with Crippen LogP contribution in [0.1, 0.15) is 38.3 Å². The molecule has 13 nitrogen and oxygen atoms in total. The number of nitrogens with zero attached hydrogens (tertiary/aromatic N) is 7. The van der Waals surface area contributed by atoms with Crippen LogP contribution in [0.5, 0.6) is 5.88 Å². The molecule has 1 saturated heterocycles. The fourth-order valence-corrected chi connectivity index (χ4v) is 6.35. The SMILES string of the molecule is Cc1[nH]ncc1S(=O)(=O)N1CC[C@H](Nc2nc3cnc(-c4cn[nH]c4)c(OC4CCC4)n3n2)[C@H](C)C1. The molecule has 2 fully saturated rings. The van der Waals surface area contributed by atoms with Crippen LogP contribution in [-0.4, -0.2) is 77.9 Å². The van der Waals surface area contributed by atoms with Gasteiger partial charge >= 0.3 is 0 Å². The van der Waals surface area contributed by atoms with Crippen LogP contribution in [0.3, 0.4) is 0 Å². The zero-order chi connectivity index (χ0) is 24.9. The minimum atomic E-state index is -3.60. The first-order chi connectivity index (χ1) is 17.4. The Kier molecular flexibility index (Phi) is 5.63. The molecule has 0 unspecified atom stereocenters. The summed E-state index contributed by atoms with van der Waals surface area (Å²) in [6.45, 7) is 4.52. The predicted octanol–water partition coefficient (Wildman–Crippen LogP) is 1.99. The van der Waals surface area contributed by atoms with Gasteiger partial charge in [0.05, 0.1) is 24.3 Å². The molecule has 4 aromatic rings. The molecule has 5 heterocycles. The van der Waals surface area contributed by atoms with Crippen molar-refractivity contribution < 1.29 is 13.2 Å². The Labute approximate surface area is 207 Å². The number of nitrogens with one attached hydrogen (secondary N) is 3. The van der Waals surface area contributed by atoms with E-state index in [-0.39, 0.29) is 23.0 Å². The third-order valence-corrected chi connectivity index (χ3v) is 9.00. The lowest BCUT2D eigenvalue weighted by atomic mass is 9.95. The van der Waals surface area contributed by atoms with Crippen LogP contribution in [-0.2, 0) is 10.0 Å². The Bertz CT molecular complexity index is 1480. The van der Waals surface area contributed by atoms with E-state index in [9.17, 15) is 8.42 Å². The maximum atomic E-state index is 13.1. The second-order valence-electron chi connectivity index (χ2n) is 9.51. The van der Waals surface area contributed by atoms with Gasteiger partial charge in [-0.2, -0.15) is 24.0 Å². The summed E-state index contributed by atoms with van der Waals surface area (Å²) in [7, 11) is -3.60. The van der Waals surface area contributed by atoms with Gasteiger partial charge in [-0.1, -0.05) is 6.92 Å². The van der Waals surface area contributed by atoms with Crippen molar-refractivity contribution >= 4 is 21.6 Å². The summed E-state index contributed by atoms with van der Waals surface area (Å²) in [6, 6.07) is 0.0108. The first kappa shape index (κ1) is 22.9. The van der Waals surface area contributed by atoms with E-state index in [0.717, 1.165) is 24.8 Å². The topological polar surface area (TPSA) is 159 Å². The summed E-state index contributed by atoms with van der Waals surface area (Å²) in [5, 5.41) is 21.5. The van der Waals surface area contributed by atoms with Crippen molar-refractivity contribution in [3.63, 3.8) is 0 Å². The lowest BCUT2D eigenvalue weighted by Crippen LogP contribution is -2.47. The monoisotopic (exact) mass is 512 g/mol. The molecule has 0 radical (unpaired) electrons. The summed E-state index contributed by atoms with van der Waals surface area (Å²) in [6.07, 6.45) is 10.4. The Morgan fingerprint density at radius 3 is 2.69 bits per heavy atom. The molecule has 0 bridgehead atoms. The smallest absolute Gasteiger partial charge is 0.246 e. The molecule has 14 heteroatoms. The van der Waals surface area contributed by atoms with Crippen LogP contribution in [0.2, 0.25) is 0 Å². The average Bonchev–Trinajstić information content (AvgIpc) is 3.58. The fourth-order valence-electron chi connectivity index (χ4n) is 4.67. The second-order valence-corrected chi connectivity index (χ2v) is 11.4. The number of hydrogen-bond donors (Lipinski definition) is 3. The summed E-state index contributed by atoms with van der Waals surface area (Å²) in [5.74, 6) is 1.04. The highest BCUT2D eigenvalue weighted by atomic mass is 32.2. The second kappa shape index (κ2) is 8.85. The lowest BCUT2D eigenvalue weighted by Gasteiger charge is -2.36. The zero-order valence-corrected chi connectivity index (χ0v) is 20.9. The van der Waals surface area contributed by atoms with Crippen molar-refractivity contribution in [1.82, 2.24) is 44.3 Å². The molecule has 2 aliphatic rings. The zero-order valence-electron chi connectivity index (χ0n) is 20.0. The number of piperidine rings is 1. The molecule has 1 aliphatic heterocycles. The number of hydrogen-bond acceptors (Lipinski definition) is 9. The number of sulfonamides is 1. The molecule has 1 aliphatic carbocycles. The predicted molar refractivity (Wildman–Crippen MR) is 130 cm³/mol. The number of aromatic amines is 2. The molecule has 0 aromatic carbocycles. The molecular weight excluding hydrogens is 484 g/mol. The average molecular weight is 513 g/mol. The Hall–Kier alpha value is -3.52. The molecule has 0 amide bonds. The standard InChI is InChI=1S/C22H28N10O3S/c1-13-12-31(36(33,34)18-10-26-29-14(18)2)7-6-17(13)27-22-28-19-11-23-20(15-8-24-25-9-15)21(32(19)30-22)35-16-4-3-5-16/h8-11,13,16-17H,3-7,12H2,1-2H3,(H,24,25)(H,26,29)(H,27,30)/t13-,17+/m1/s1. The molecule has 0 spiro atoms. The Balaban J connectivity index is 1.23. The Morgan fingerprint density at radius 1 is 1.17 bits per heavy atom. The van der Waals surface area contributed by atoms with Gasteiger partial charge in [-0.05, 0) is 38.5 Å². The fraction of sp³-hybridized carbons (Fsp3) is 0.500. The van der Waals surface area contributed by atoms with E-state index in [4.69, 9.17) is 9.84 Å². The molecule has 6 rings (SSSR count). The minimum Gasteiger partial charge on any atom is -0.473 e. The third-order valence-electron chi connectivity index (χ3n) is 7.02. The van der Waals surface area contributed by atoms with Crippen LogP contribution in [0.4, 0.5) is 5.95 Å². The van der Waals surface area contributed by atoms with Gasteiger partial charge in [-0.25, -0.2) is 13.4 Å². The quantitative estimate of drug-likeness (QED) is 0.336. The van der Waals surface area contributed by atoms with Crippen molar-refractivity contribution in [2.45, 2.75) is 56.6 Å². The van der Waals surface area contributed by atoms with E-state index in [0.29, 0.717) is 48.4 Å². The van der Waals surface area contributed by atoms with Gasteiger partial charge in [0.15, 0.2) is 5.65 Å². The van der Waals surface area contributed by atoms with E-state index < -0.39 is 10.0 Å². The third kappa shape index (κ3) is 3.99. The highest BCUT2D eigenvalue weighted by Crippen LogP contribution is 2.33. The number of aromatic nitrogens is 8. The molecule has 1 saturated carbocycles. The minimum absolute atomic E-state index is 0.0108. The van der Waals surface area contributed by atoms with E-state index in [2.05, 4.69) is 35.7 Å². The van der Waals surface area contributed by atoms with Crippen LogP contribution in [0, 0.1) is 12.8 Å². The summed E-state index contributed by atoms with van der Waals surface area (Å²) in [5.41, 5.74) is 2.58. The van der Waals surface area contributed by atoms with Gasteiger partial charge in [0.2, 0.25) is 21.9 Å². The highest BCUT2D eigenvalue weighted by molar-refractivity contribution is 7.89. The van der Waals surface area contributed by atoms with Gasteiger partial charge < -0.3 is 10.1 Å². The molecule has 4 aromatic heterocycles. The van der Waals surface area contributed by atoms with Crippen LogP contribution < -0.4 is 10.1 Å².